The third kappa shape index (κ3) is 3.87. The first-order chi connectivity index (χ1) is 9.22. The molecule has 1 fully saturated rings. The summed E-state index contributed by atoms with van der Waals surface area (Å²) in [6, 6.07) is 6.89. The largest absolute Gasteiger partial charge is 0.495 e. The number of hydrogen-bond acceptors (Lipinski definition) is 3. The fourth-order valence-electron chi connectivity index (χ4n) is 2.77. The standard InChI is InChI=1S/C16H26N2O/c1-4-18-10-5-6-14(9-11-18)17-15-12-13(2)7-8-16(15)19-3/h7-8,12,14,17H,4-6,9-11H2,1-3H3. The Morgan fingerprint density at radius 2 is 2.16 bits per heavy atom. The van der Waals surface area contributed by atoms with Crippen LogP contribution in [0.5, 0.6) is 5.75 Å². The number of aryl methyl sites for hydroxylation is 1. The summed E-state index contributed by atoms with van der Waals surface area (Å²) in [5, 5.41) is 3.67. The normalized spacial score (nSPS) is 20.9. The highest BCUT2D eigenvalue weighted by Crippen LogP contribution is 2.27. The molecule has 1 heterocycles. The van der Waals surface area contributed by atoms with Gasteiger partial charge in [0.1, 0.15) is 5.75 Å². The third-order valence-corrected chi connectivity index (χ3v) is 3.98. The van der Waals surface area contributed by atoms with E-state index in [1.165, 1.54) is 44.5 Å². The summed E-state index contributed by atoms with van der Waals surface area (Å²) in [5.41, 5.74) is 2.41. The van der Waals surface area contributed by atoms with Crippen LogP contribution in [0, 0.1) is 6.92 Å². The summed E-state index contributed by atoms with van der Waals surface area (Å²) < 4.78 is 5.44. The van der Waals surface area contributed by atoms with Crippen molar-refractivity contribution in [3.63, 3.8) is 0 Å². The first-order valence-electron chi connectivity index (χ1n) is 7.36. The van der Waals surface area contributed by atoms with E-state index in [4.69, 9.17) is 4.74 Å². The molecule has 2 rings (SSSR count). The average Bonchev–Trinajstić information content (AvgIpc) is 2.64. The van der Waals surface area contributed by atoms with Gasteiger partial charge in [0.2, 0.25) is 0 Å². The van der Waals surface area contributed by atoms with Gasteiger partial charge in [0.25, 0.3) is 0 Å². The van der Waals surface area contributed by atoms with Crippen LogP contribution in [0.4, 0.5) is 5.69 Å². The summed E-state index contributed by atoms with van der Waals surface area (Å²) in [5.74, 6) is 0.946. The van der Waals surface area contributed by atoms with Crippen LogP contribution in [0.2, 0.25) is 0 Å². The van der Waals surface area contributed by atoms with Crippen LogP contribution < -0.4 is 10.1 Å². The number of likely N-dealkylation sites (tertiary alicyclic amines) is 1. The molecule has 0 bridgehead atoms. The number of ether oxygens (including phenoxy) is 1. The van der Waals surface area contributed by atoms with Gasteiger partial charge in [-0.05, 0) is 57.0 Å². The topological polar surface area (TPSA) is 24.5 Å². The van der Waals surface area contributed by atoms with Gasteiger partial charge in [-0.2, -0.15) is 0 Å². The van der Waals surface area contributed by atoms with Crippen LogP contribution in [-0.4, -0.2) is 37.7 Å². The Kier molecular flexibility index (Phi) is 5.08. The van der Waals surface area contributed by atoms with Gasteiger partial charge in [0.15, 0.2) is 0 Å². The summed E-state index contributed by atoms with van der Waals surface area (Å²) in [6.45, 7) is 7.97. The molecule has 0 saturated carbocycles. The molecule has 106 valence electrons. The lowest BCUT2D eigenvalue weighted by atomic mass is 10.1. The van der Waals surface area contributed by atoms with Crippen LogP contribution in [0.1, 0.15) is 31.7 Å². The average molecular weight is 262 g/mol. The summed E-state index contributed by atoms with van der Waals surface area (Å²) >= 11 is 0. The number of benzene rings is 1. The Bertz CT molecular complexity index is 406. The molecule has 19 heavy (non-hydrogen) atoms. The maximum Gasteiger partial charge on any atom is 0.141 e. The molecule has 1 aromatic carbocycles. The quantitative estimate of drug-likeness (QED) is 0.901. The van der Waals surface area contributed by atoms with Gasteiger partial charge < -0.3 is 15.0 Å². The number of methoxy groups -OCH3 is 1. The minimum Gasteiger partial charge on any atom is -0.495 e. The van der Waals surface area contributed by atoms with Crippen molar-refractivity contribution in [2.75, 3.05) is 32.1 Å². The fourth-order valence-corrected chi connectivity index (χ4v) is 2.77. The van der Waals surface area contributed by atoms with E-state index in [-0.39, 0.29) is 0 Å². The highest BCUT2D eigenvalue weighted by molar-refractivity contribution is 5.58. The molecule has 1 saturated heterocycles. The lowest BCUT2D eigenvalue weighted by Crippen LogP contribution is -2.26. The van der Waals surface area contributed by atoms with Crippen molar-refractivity contribution in [3.05, 3.63) is 23.8 Å². The molecule has 0 radical (unpaired) electrons. The molecule has 1 atom stereocenters. The van der Waals surface area contributed by atoms with Crippen LogP contribution in [0.3, 0.4) is 0 Å². The van der Waals surface area contributed by atoms with Crippen LogP contribution in [0.15, 0.2) is 18.2 Å². The van der Waals surface area contributed by atoms with E-state index < -0.39 is 0 Å². The van der Waals surface area contributed by atoms with Crippen molar-refractivity contribution in [2.24, 2.45) is 0 Å². The number of rotatable bonds is 4. The Morgan fingerprint density at radius 3 is 2.89 bits per heavy atom. The van der Waals surface area contributed by atoms with Crippen molar-refractivity contribution in [1.29, 1.82) is 0 Å². The Morgan fingerprint density at radius 1 is 1.32 bits per heavy atom. The van der Waals surface area contributed by atoms with Gasteiger partial charge in [-0.1, -0.05) is 13.0 Å². The van der Waals surface area contributed by atoms with Gasteiger partial charge >= 0.3 is 0 Å². The maximum atomic E-state index is 5.44. The van der Waals surface area contributed by atoms with Crippen molar-refractivity contribution >= 4 is 5.69 Å². The number of nitrogens with one attached hydrogen (secondary N) is 1. The monoisotopic (exact) mass is 262 g/mol. The van der Waals surface area contributed by atoms with Crippen molar-refractivity contribution in [3.8, 4) is 5.75 Å². The fraction of sp³-hybridized carbons (Fsp3) is 0.625. The molecular formula is C16H26N2O. The predicted molar refractivity (Wildman–Crippen MR) is 81.1 cm³/mol. The third-order valence-electron chi connectivity index (χ3n) is 3.98. The molecule has 0 amide bonds. The van der Waals surface area contributed by atoms with Crippen molar-refractivity contribution < 1.29 is 4.74 Å². The zero-order chi connectivity index (χ0) is 13.7. The van der Waals surface area contributed by atoms with E-state index in [1.807, 2.05) is 6.07 Å². The molecule has 1 N–H and O–H groups in total. The molecule has 1 unspecified atom stereocenters. The second-order valence-corrected chi connectivity index (χ2v) is 5.41. The first kappa shape index (κ1) is 14.2. The van der Waals surface area contributed by atoms with Crippen molar-refractivity contribution in [1.82, 2.24) is 4.90 Å². The highest BCUT2D eigenvalue weighted by atomic mass is 16.5. The molecule has 3 nitrogen and oxygen atoms in total. The molecular weight excluding hydrogens is 236 g/mol. The molecule has 0 spiro atoms. The lowest BCUT2D eigenvalue weighted by Gasteiger charge is -2.21. The predicted octanol–water partition coefficient (Wildman–Crippen LogP) is 3.29. The second-order valence-electron chi connectivity index (χ2n) is 5.41. The Hall–Kier alpha value is -1.22. The summed E-state index contributed by atoms with van der Waals surface area (Å²) in [7, 11) is 1.74. The molecule has 1 aromatic rings. The minimum atomic E-state index is 0.562. The molecule has 0 aromatic heterocycles. The summed E-state index contributed by atoms with van der Waals surface area (Å²) in [4.78, 5) is 2.54. The lowest BCUT2D eigenvalue weighted by molar-refractivity contribution is 0.300. The van der Waals surface area contributed by atoms with Gasteiger partial charge in [-0.25, -0.2) is 0 Å². The first-order valence-corrected chi connectivity index (χ1v) is 7.36. The maximum absolute atomic E-state index is 5.44. The summed E-state index contributed by atoms with van der Waals surface area (Å²) in [6.07, 6.45) is 3.73. The van der Waals surface area contributed by atoms with Crippen LogP contribution in [0.25, 0.3) is 0 Å². The Balaban J connectivity index is 2.02. The smallest absolute Gasteiger partial charge is 0.141 e. The molecule has 1 aliphatic heterocycles. The van der Waals surface area contributed by atoms with Gasteiger partial charge in [0, 0.05) is 12.6 Å². The van der Waals surface area contributed by atoms with E-state index in [0.29, 0.717) is 6.04 Å². The zero-order valence-corrected chi connectivity index (χ0v) is 12.4. The number of nitrogens with zero attached hydrogens (tertiary/aromatic N) is 1. The van der Waals surface area contributed by atoms with Gasteiger partial charge in [0.05, 0.1) is 12.8 Å². The number of hydrogen-bond donors (Lipinski definition) is 1. The molecule has 0 aliphatic carbocycles. The minimum absolute atomic E-state index is 0.562. The van der Waals surface area contributed by atoms with Crippen molar-refractivity contribution in [2.45, 2.75) is 39.2 Å². The van der Waals surface area contributed by atoms with E-state index in [1.54, 1.807) is 7.11 Å². The van der Waals surface area contributed by atoms with Crippen LogP contribution >= 0.6 is 0 Å². The van der Waals surface area contributed by atoms with Crippen LogP contribution in [-0.2, 0) is 0 Å². The number of anilines is 1. The van der Waals surface area contributed by atoms with E-state index in [2.05, 4.69) is 36.2 Å². The molecule has 3 heteroatoms. The second kappa shape index (κ2) is 6.80. The van der Waals surface area contributed by atoms with Gasteiger partial charge in [-0.15, -0.1) is 0 Å². The Labute approximate surface area is 116 Å². The van der Waals surface area contributed by atoms with E-state index >= 15 is 0 Å². The highest BCUT2D eigenvalue weighted by Gasteiger charge is 2.17. The SMILES string of the molecule is CCN1CCCC(Nc2cc(C)ccc2OC)CC1. The van der Waals surface area contributed by atoms with E-state index in [0.717, 1.165) is 11.4 Å². The van der Waals surface area contributed by atoms with Gasteiger partial charge in [-0.3, -0.25) is 0 Å². The molecule has 1 aliphatic rings. The zero-order valence-electron chi connectivity index (χ0n) is 12.4. The van der Waals surface area contributed by atoms with E-state index in [9.17, 15) is 0 Å².